The fraction of sp³-hybridized carbons (Fsp3) is 0.615. The summed E-state index contributed by atoms with van der Waals surface area (Å²) in [5.41, 5.74) is 7.74. The summed E-state index contributed by atoms with van der Waals surface area (Å²) in [5.74, 6) is -0.524. The molecule has 0 heterocycles. The number of allylic oxidation sites excluding steroid dienone is 4. The lowest BCUT2D eigenvalue weighted by Crippen LogP contribution is -2.42. The Morgan fingerprint density at radius 2 is 2.11 bits per heavy atom. The van der Waals surface area contributed by atoms with Crippen molar-refractivity contribution < 1.29 is 13.9 Å². The molecule has 18 heavy (non-hydrogen) atoms. The second-order valence-electron chi connectivity index (χ2n) is 5.06. The molecule has 1 rings (SSSR count). The highest BCUT2D eigenvalue weighted by Crippen LogP contribution is 2.59. The Balaban J connectivity index is 3.38. The van der Waals surface area contributed by atoms with E-state index < -0.39 is 18.6 Å². The van der Waals surface area contributed by atoms with Crippen LogP contribution in [0.1, 0.15) is 34.6 Å². The van der Waals surface area contributed by atoms with Crippen molar-refractivity contribution in [2.24, 2.45) is 11.4 Å². The van der Waals surface area contributed by atoms with Gasteiger partial charge < -0.3 is 4.52 Å². The van der Waals surface area contributed by atoms with Crippen molar-refractivity contribution in [2.45, 2.75) is 39.8 Å². The fourth-order valence-electron chi connectivity index (χ4n) is 2.82. The van der Waals surface area contributed by atoms with E-state index in [0.717, 1.165) is 11.1 Å². The Kier molecular flexibility index (Phi) is 4.37. The lowest BCUT2D eigenvalue weighted by molar-refractivity contribution is -0.120. The highest BCUT2D eigenvalue weighted by molar-refractivity contribution is 7.58. The van der Waals surface area contributed by atoms with Gasteiger partial charge in [0.05, 0.1) is 17.7 Å². The normalized spacial score (nSPS) is 31.3. The van der Waals surface area contributed by atoms with Crippen molar-refractivity contribution in [1.82, 2.24) is 0 Å². The molecule has 3 unspecified atom stereocenters. The molecule has 2 N–H and O–H groups in total. The maximum Gasteiger partial charge on any atom is 0.277 e. The molecule has 0 aromatic carbocycles. The first-order chi connectivity index (χ1) is 8.15. The Bertz CT molecular complexity index is 467. The zero-order valence-corrected chi connectivity index (χ0v) is 12.6. The van der Waals surface area contributed by atoms with E-state index in [4.69, 9.17) is 10.0 Å². The van der Waals surface area contributed by atoms with Gasteiger partial charge in [0.2, 0.25) is 0 Å². The van der Waals surface area contributed by atoms with Gasteiger partial charge in [0.1, 0.15) is 5.78 Å². The van der Waals surface area contributed by atoms with E-state index in [0.29, 0.717) is 0 Å². The van der Waals surface area contributed by atoms with Crippen LogP contribution < -0.4 is 5.50 Å². The summed E-state index contributed by atoms with van der Waals surface area (Å²) in [6, 6.07) is 0. The number of hydrogen-bond donors (Lipinski definition) is 1. The third kappa shape index (κ3) is 2.51. The molecule has 0 amide bonds. The summed E-state index contributed by atoms with van der Waals surface area (Å²) in [6.45, 7) is 9.03. The van der Waals surface area contributed by atoms with Crippen molar-refractivity contribution in [1.29, 1.82) is 0 Å². The smallest absolute Gasteiger partial charge is 0.277 e. The maximum atomic E-state index is 12.6. The molecule has 1 aliphatic carbocycles. The molecule has 0 spiro atoms. The molecule has 0 aromatic heterocycles. The van der Waals surface area contributed by atoms with E-state index in [1.807, 2.05) is 26.0 Å². The van der Waals surface area contributed by atoms with Crippen molar-refractivity contribution in [3.8, 4) is 0 Å². The molecule has 5 heteroatoms. The Hall–Kier alpha value is -0.700. The van der Waals surface area contributed by atoms with Crippen LogP contribution in [0.3, 0.4) is 0 Å². The van der Waals surface area contributed by atoms with E-state index in [1.165, 1.54) is 6.92 Å². The minimum Gasteiger partial charge on any atom is -0.317 e. The SMILES string of the molecule is CCOP(N)(=O)C1(C)C=C(C)C=C(C)C1C(C)=O. The van der Waals surface area contributed by atoms with E-state index in [-0.39, 0.29) is 12.4 Å². The van der Waals surface area contributed by atoms with Gasteiger partial charge >= 0.3 is 0 Å². The van der Waals surface area contributed by atoms with Crippen LogP contribution in [0.15, 0.2) is 23.3 Å². The van der Waals surface area contributed by atoms with Gasteiger partial charge in [-0.05, 0) is 34.6 Å². The summed E-state index contributed by atoms with van der Waals surface area (Å²) >= 11 is 0. The van der Waals surface area contributed by atoms with Crippen molar-refractivity contribution in [3.05, 3.63) is 23.3 Å². The van der Waals surface area contributed by atoms with Crippen LogP contribution in [0.25, 0.3) is 0 Å². The number of Topliss-reactive ketones (excluding diaryl/α,β-unsaturated/α-hetero) is 1. The zero-order chi connectivity index (χ0) is 14.1. The predicted molar refractivity (Wildman–Crippen MR) is 73.5 cm³/mol. The van der Waals surface area contributed by atoms with Gasteiger partial charge in [-0.25, -0.2) is 0 Å². The molecule has 0 bridgehead atoms. The fourth-order valence-corrected chi connectivity index (χ4v) is 4.61. The maximum absolute atomic E-state index is 12.6. The van der Waals surface area contributed by atoms with Crippen LogP contribution in [0.4, 0.5) is 0 Å². The van der Waals surface area contributed by atoms with E-state index >= 15 is 0 Å². The van der Waals surface area contributed by atoms with Gasteiger partial charge in [-0.2, -0.15) is 0 Å². The van der Waals surface area contributed by atoms with E-state index in [1.54, 1.807) is 13.8 Å². The molecule has 0 saturated carbocycles. The number of rotatable bonds is 4. The molecule has 0 aliphatic heterocycles. The third-order valence-corrected chi connectivity index (χ3v) is 5.79. The van der Waals surface area contributed by atoms with Gasteiger partial charge in [-0.3, -0.25) is 14.9 Å². The van der Waals surface area contributed by atoms with Gasteiger partial charge in [-0.1, -0.05) is 23.3 Å². The summed E-state index contributed by atoms with van der Waals surface area (Å²) in [7, 11) is -3.40. The van der Waals surface area contributed by atoms with Crippen LogP contribution in [0, 0.1) is 5.92 Å². The quantitative estimate of drug-likeness (QED) is 0.798. The molecule has 1 aliphatic rings. The van der Waals surface area contributed by atoms with Gasteiger partial charge in [0, 0.05) is 0 Å². The molecule has 4 nitrogen and oxygen atoms in total. The second kappa shape index (κ2) is 5.12. The molecule has 0 fully saturated rings. The average molecular weight is 271 g/mol. The van der Waals surface area contributed by atoms with Gasteiger partial charge in [0.15, 0.2) is 0 Å². The van der Waals surface area contributed by atoms with Crippen molar-refractivity contribution >= 4 is 13.3 Å². The van der Waals surface area contributed by atoms with Gasteiger partial charge in [-0.15, -0.1) is 0 Å². The average Bonchev–Trinajstić information content (AvgIpc) is 2.14. The van der Waals surface area contributed by atoms with E-state index in [9.17, 15) is 9.36 Å². The first-order valence-corrected chi connectivity index (χ1v) is 7.76. The molecule has 0 aromatic rings. The number of carbonyl (C=O) groups is 1. The van der Waals surface area contributed by atoms with Crippen molar-refractivity contribution in [3.63, 3.8) is 0 Å². The summed E-state index contributed by atoms with van der Waals surface area (Å²) in [4.78, 5) is 11.9. The monoisotopic (exact) mass is 271 g/mol. The first-order valence-electron chi connectivity index (χ1n) is 6.07. The molecule has 3 atom stereocenters. The predicted octanol–water partition coefficient (Wildman–Crippen LogP) is 3.04. The number of carbonyl (C=O) groups excluding carboxylic acids is 1. The highest BCUT2D eigenvalue weighted by Gasteiger charge is 2.51. The third-order valence-electron chi connectivity index (χ3n) is 3.41. The topological polar surface area (TPSA) is 69.4 Å². The largest absolute Gasteiger partial charge is 0.317 e. The summed E-state index contributed by atoms with van der Waals surface area (Å²) in [5, 5.41) is -0.961. The Labute approximate surface area is 109 Å². The van der Waals surface area contributed by atoms with Gasteiger partial charge in [0.25, 0.3) is 7.52 Å². The summed E-state index contributed by atoms with van der Waals surface area (Å²) in [6.07, 6.45) is 3.74. The van der Waals surface area contributed by atoms with Crippen LogP contribution >= 0.6 is 7.52 Å². The minimum atomic E-state index is -3.40. The first kappa shape index (κ1) is 15.4. The van der Waals surface area contributed by atoms with Crippen LogP contribution in [-0.4, -0.2) is 17.5 Å². The van der Waals surface area contributed by atoms with Crippen molar-refractivity contribution in [2.75, 3.05) is 6.61 Å². The highest BCUT2D eigenvalue weighted by atomic mass is 31.2. The number of ketones is 1. The minimum absolute atomic E-state index is 0.0413. The molecule has 102 valence electrons. The van der Waals surface area contributed by atoms with E-state index in [2.05, 4.69) is 0 Å². The number of hydrogen-bond acceptors (Lipinski definition) is 3. The molecule has 0 saturated heterocycles. The number of nitrogens with two attached hydrogens (primary N) is 1. The van der Waals surface area contributed by atoms with Crippen LogP contribution in [0.2, 0.25) is 0 Å². The lowest BCUT2D eigenvalue weighted by atomic mass is 9.79. The lowest BCUT2D eigenvalue weighted by Gasteiger charge is -2.40. The Morgan fingerprint density at radius 1 is 1.56 bits per heavy atom. The Morgan fingerprint density at radius 3 is 2.56 bits per heavy atom. The van der Waals surface area contributed by atoms with Crippen LogP contribution in [-0.2, 0) is 13.9 Å². The second-order valence-corrected chi connectivity index (χ2v) is 7.48. The standard InChI is InChI=1S/C13H22NO3P/c1-6-17-18(14,16)13(5)8-9(2)7-10(3)12(13)11(4)15/h7-8,12H,6H2,1-5H3,(H2,14,16). The molecular formula is C13H22NO3P. The summed E-state index contributed by atoms with van der Waals surface area (Å²) < 4.78 is 17.9. The zero-order valence-electron chi connectivity index (χ0n) is 11.7. The van der Waals surface area contributed by atoms with Crippen LogP contribution in [0.5, 0.6) is 0 Å². The molecule has 0 radical (unpaired) electrons. The molecular weight excluding hydrogens is 249 g/mol.